The number of amides is 1. The lowest BCUT2D eigenvalue weighted by molar-refractivity contribution is -0.204. The van der Waals surface area contributed by atoms with Gasteiger partial charge >= 0.3 is 12.1 Å². The predicted molar refractivity (Wildman–Crippen MR) is 77.3 cm³/mol. The van der Waals surface area contributed by atoms with E-state index in [4.69, 9.17) is 0 Å². The molecule has 1 aliphatic rings. The molecule has 1 saturated heterocycles. The highest BCUT2D eigenvalue weighted by Gasteiger charge is 2.43. The number of carbonyl (C=O) groups excluding carboxylic acids is 2. The number of halogens is 3. The molecule has 0 radical (unpaired) electrons. The SMILES string of the molecule is CNC(=NCC(=O)N1C[C@H](O)[C@@H](O)[C@@H](O)C1CO)NOC(=O)C(F)(F)F. The number of aliphatic hydroxyl groups excluding tert-OH is 4. The number of nitrogens with zero attached hydrogens (tertiary/aromatic N) is 2. The van der Waals surface area contributed by atoms with Gasteiger partial charge in [-0.25, -0.2) is 9.79 Å². The molecule has 11 nitrogen and oxygen atoms in total. The van der Waals surface area contributed by atoms with Crippen molar-refractivity contribution in [2.45, 2.75) is 30.5 Å². The number of hydroxylamine groups is 1. The Balaban J connectivity index is 2.71. The van der Waals surface area contributed by atoms with Gasteiger partial charge in [0.1, 0.15) is 24.9 Å². The van der Waals surface area contributed by atoms with E-state index >= 15 is 0 Å². The van der Waals surface area contributed by atoms with Crippen molar-refractivity contribution in [3.63, 3.8) is 0 Å². The van der Waals surface area contributed by atoms with Crippen LogP contribution in [0.25, 0.3) is 0 Å². The predicted octanol–water partition coefficient (Wildman–Crippen LogP) is -3.54. The summed E-state index contributed by atoms with van der Waals surface area (Å²) in [5.74, 6) is -3.82. The highest BCUT2D eigenvalue weighted by atomic mass is 19.4. The molecule has 1 rings (SSSR count). The summed E-state index contributed by atoms with van der Waals surface area (Å²) in [5.41, 5.74) is 1.59. The Morgan fingerprint density at radius 1 is 1.27 bits per heavy atom. The number of alkyl halides is 3. The first kappa shape index (κ1) is 21.9. The van der Waals surface area contributed by atoms with Crippen LogP contribution in [0, 0.1) is 0 Å². The molecule has 0 spiro atoms. The summed E-state index contributed by atoms with van der Waals surface area (Å²) in [6, 6.07) is -1.20. The minimum atomic E-state index is -5.23. The molecule has 4 atom stereocenters. The standard InChI is InChI=1S/C12H19F3N4O7/c1-16-11(18-26-10(25)12(13,14)15)17-2-7(22)19-3-6(21)9(24)8(23)5(19)4-20/h5-6,8-9,20-21,23-24H,2-4H2,1H3,(H2,16,17,18)/t5?,6-,8-,9+/m0/s1. The largest absolute Gasteiger partial charge is 0.493 e. The molecule has 1 fully saturated rings. The summed E-state index contributed by atoms with van der Waals surface area (Å²) in [6.07, 6.45) is -9.85. The van der Waals surface area contributed by atoms with E-state index < -0.39 is 68.1 Å². The molecule has 1 unspecified atom stereocenters. The minimum absolute atomic E-state index is 0.400. The number of piperidine rings is 1. The number of aliphatic imine (C=N–C) groups is 1. The third-order valence-corrected chi connectivity index (χ3v) is 3.51. The lowest BCUT2D eigenvalue weighted by Gasteiger charge is -2.42. The van der Waals surface area contributed by atoms with Gasteiger partial charge in [-0.3, -0.25) is 4.79 Å². The van der Waals surface area contributed by atoms with Crippen molar-refractivity contribution in [3.05, 3.63) is 0 Å². The molecule has 0 bridgehead atoms. The number of likely N-dealkylation sites (tertiary alicyclic amines) is 1. The Morgan fingerprint density at radius 2 is 1.88 bits per heavy atom. The second-order valence-corrected chi connectivity index (χ2v) is 5.25. The molecule has 6 N–H and O–H groups in total. The van der Waals surface area contributed by atoms with E-state index in [0.29, 0.717) is 0 Å². The fourth-order valence-electron chi connectivity index (χ4n) is 2.13. The van der Waals surface area contributed by atoms with Gasteiger partial charge in [-0.05, 0) is 0 Å². The summed E-state index contributed by atoms with van der Waals surface area (Å²) in [7, 11) is 1.22. The normalized spacial score (nSPS) is 27.1. The zero-order chi connectivity index (χ0) is 20.1. The summed E-state index contributed by atoms with van der Waals surface area (Å²) < 4.78 is 36.1. The molecule has 1 heterocycles. The summed E-state index contributed by atoms with van der Waals surface area (Å²) in [4.78, 5) is 30.9. The van der Waals surface area contributed by atoms with Crippen molar-refractivity contribution < 1.29 is 48.0 Å². The molecular weight excluding hydrogens is 369 g/mol. The lowest BCUT2D eigenvalue weighted by Crippen LogP contribution is -2.64. The second-order valence-electron chi connectivity index (χ2n) is 5.25. The van der Waals surface area contributed by atoms with Gasteiger partial charge in [0.05, 0.1) is 12.6 Å². The van der Waals surface area contributed by atoms with Gasteiger partial charge in [-0.15, -0.1) is 0 Å². The van der Waals surface area contributed by atoms with E-state index in [9.17, 15) is 43.2 Å². The number of hydrogen-bond acceptors (Lipinski definition) is 8. The number of rotatable bonds is 3. The molecule has 0 saturated carbocycles. The quantitative estimate of drug-likeness (QED) is 0.163. The smallest absolute Gasteiger partial charge is 0.394 e. The number of nitrogens with one attached hydrogen (secondary N) is 2. The van der Waals surface area contributed by atoms with Crippen LogP contribution in [-0.4, -0.2) is 100 Å². The van der Waals surface area contributed by atoms with Crippen LogP contribution in [0.5, 0.6) is 0 Å². The molecule has 150 valence electrons. The topological polar surface area (TPSA) is 164 Å². The maximum Gasteiger partial charge on any atom is 0.493 e. The zero-order valence-electron chi connectivity index (χ0n) is 13.5. The number of carbonyl (C=O) groups is 2. The first-order valence-corrected chi connectivity index (χ1v) is 7.23. The Kier molecular flexibility index (Phi) is 7.55. The van der Waals surface area contributed by atoms with Crippen molar-refractivity contribution in [3.8, 4) is 0 Å². The van der Waals surface area contributed by atoms with E-state index in [2.05, 4.69) is 15.1 Å². The molecule has 0 aromatic heterocycles. The van der Waals surface area contributed by atoms with Gasteiger partial charge in [-0.1, -0.05) is 0 Å². The first-order valence-electron chi connectivity index (χ1n) is 7.23. The monoisotopic (exact) mass is 388 g/mol. The van der Waals surface area contributed by atoms with Crippen LogP contribution in [0.3, 0.4) is 0 Å². The zero-order valence-corrected chi connectivity index (χ0v) is 13.5. The molecule has 1 aliphatic heterocycles. The van der Waals surface area contributed by atoms with Crippen LogP contribution in [0.15, 0.2) is 4.99 Å². The van der Waals surface area contributed by atoms with Crippen LogP contribution in [-0.2, 0) is 14.4 Å². The summed E-state index contributed by atoms with van der Waals surface area (Å²) in [6.45, 7) is -1.79. The number of hydrogen-bond donors (Lipinski definition) is 6. The van der Waals surface area contributed by atoms with Gasteiger partial charge in [-0.2, -0.15) is 18.7 Å². The van der Waals surface area contributed by atoms with Crippen molar-refractivity contribution in [1.29, 1.82) is 0 Å². The van der Waals surface area contributed by atoms with Crippen molar-refractivity contribution in [2.24, 2.45) is 4.99 Å². The van der Waals surface area contributed by atoms with Gasteiger partial charge in [0.25, 0.3) is 0 Å². The van der Waals surface area contributed by atoms with Crippen LogP contribution >= 0.6 is 0 Å². The van der Waals surface area contributed by atoms with Crippen molar-refractivity contribution >= 4 is 17.8 Å². The van der Waals surface area contributed by atoms with Crippen molar-refractivity contribution in [2.75, 3.05) is 26.7 Å². The molecule has 1 amide bonds. The van der Waals surface area contributed by atoms with Gasteiger partial charge in [0.15, 0.2) is 0 Å². The average Bonchev–Trinajstić information content (AvgIpc) is 2.58. The van der Waals surface area contributed by atoms with E-state index in [0.717, 1.165) is 4.90 Å². The van der Waals surface area contributed by atoms with Crippen molar-refractivity contribution in [1.82, 2.24) is 15.7 Å². The van der Waals surface area contributed by atoms with E-state index in [1.165, 1.54) is 7.05 Å². The molecule has 26 heavy (non-hydrogen) atoms. The van der Waals surface area contributed by atoms with Crippen LogP contribution in [0.2, 0.25) is 0 Å². The Morgan fingerprint density at radius 3 is 2.38 bits per heavy atom. The summed E-state index contributed by atoms with van der Waals surface area (Å²) >= 11 is 0. The highest BCUT2D eigenvalue weighted by molar-refractivity contribution is 5.85. The highest BCUT2D eigenvalue weighted by Crippen LogP contribution is 2.19. The maximum atomic E-state index is 12.1. The lowest BCUT2D eigenvalue weighted by atomic mass is 9.94. The van der Waals surface area contributed by atoms with E-state index in [1.54, 1.807) is 5.48 Å². The number of guanidine groups is 1. The summed E-state index contributed by atoms with van der Waals surface area (Å²) in [5, 5.41) is 40.5. The van der Waals surface area contributed by atoms with E-state index in [-0.39, 0.29) is 0 Å². The maximum absolute atomic E-state index is 12.1. The number of aliphatic hydroxyl groups is 4. The Labute approximate surface area is 145 Å². The fourth-order valence-corrected chi connectivity index (χ4v) is 2.13. The third kappa shape index (κ3) is 5.42. The third-order valence-electron chi connectivity index (χ3n) is 3.51. The van der Waals surface area contributed by atoms with Crippen LogP contribution in [0.4, 0.5) is 13.2 Å². The first-order chi connectivity index (χ1) is 12.0. The second kappa shape index (κ2) is 8.98. The molecule has 0 aromatic carbocycles. The number of β-amino-alcohol motifs (C(OH)–C–C–N with tert-alkyl or cyclic N) is 1. The van der Waals surface area contributed by atoms with E-state index in [1.807, 2.05) is 0 Å². The molecule has 0 aromatic rings. The average molecular weight is 388 g/mol. The van der Waals surface area contributed by atoms with Gasteiger partial charge in [0.2, 0.25) is 11.9 Å². The Bertz CT molecular complexity index is 545. The molecule has 0 aliphatic carbocycles. The minimum Gasteiger partial charge on any atom is -0.394 e. The fraction of sp³-hybridized carbons (Fsp3) is 0.750. The van der Waals surface area contributed by atoms with Crippen LogP contribution < -0.4 is 10.8 Å². The molecular formula is C12H19F3N4O7. The Hall–Kier alpha value is -2.16. The van der Waals surface area contributed by atoms with Gasteiger partial charge in [0, 0.05) is 13.6 Å². The van der Waals surface area contributed by atoms with Gasteiger partial charge < -0.3 is 35.5 Å². The molecule has 14 heteroatoms. The van der Waals surface area contributed by atoms with Crippen LogP contribution in [0.1, 0.15) is 0 Å².